The van der Waals surface area contributed by atoms with Crippen molar-refractivity contribution in [2.45, 2.75) is 19.9 Å². The summed E-state index contributed by atoms with van der Waals surface area (Å²) in [4.78, 5) is 30.4. The Labute approximate surface area is 228 Å². The zero-order valence-corrected chi connectivity index (χ0v) is 22.4. The van der Waals surface area contributed by atoms with Gasteiger partial charge >= 0.3 is 0 Å². The molecule has 38 heavy (non-hydrogen) atoms. The van der Waals surface area contributed by atoms with Crippen LogP contribution in [0.25, 0.3) is 11.3 Å². The molecule has 1 fully saturated rings. The van der Waals surface area contributed by atoms with Gasteiger partial charge in [-0.2, -0.15) is 0 Å². The van der Waals surface area contributed by atoms with E-state index in [1.165, 1.54) is 0 Å². The highest BCUT2D eigenvalue weighted by molar-refractivity contribution is 6.38. The molecule has 2 aliphatic heterocycles. The Morgan fingerprint density at radius 1 is 1.03 bits per heavy atom. The SMILES string of the molecule is CC(C)N(C(=O)CN1CCNCC1)c1ccc(NC(=C2C(=O)Nc3cc(Cl)ccc32)c2ccccc2)cc1. The lowest BCUT2D eigenvalue weighted by Gasteiger charge is -2.32. The van der Waals surface area contributed by atoms with Crippen molar-refractivity contribution in [3.63, 3.8) is 0 Å². The summed E-state index contributed by atoms with van der Waals surface area (Å²) in [6.45, 7) is 8.03. The molecule has 0 unspecified atom stereocenters. The minimum Gasteiger partial charge on any atom is -0.354 e. The molecule has 2 heterocycles. The normalized spacial score (nSPS) is 16.7. The second kappa shape index (κ2) is 11.4. The van der Waals surface area contributed by atoms with Gasteiger partial charge in [0.25, 0.3) is 5.91 Å². The smallest absolute Gasteiger partial charge is 0.258 e. The third-order valence-corrected chi connectivity index (χ3v) is 7.04. The van der Waals surface area contributed by atoms with Crippen molar-refractivity contribution in [2.75, 3.05) is 48.3 Å². The van der Waals surface area contributed by atoms with Crippen LogP contribution in [0, 0.1) is 0 Å². The van der Waals surface area contributed by atoms with Gasteiger partial charge in [0.15, 0.2) is 0 Å². The molecule has 2 aliphatic rings. The van der Waals surface area contributed by atoms with Gasteiger partial charge in [-0.1, -0.05) is 48.0 Å². The number of nitrogens with zero attached hydrogens (tertiary/aromatic N) is 2. The van der Waals surface area contributed by atoms with Gasteiger partial charge in [-0.05, 0) is 55.8 Å². The Kier molecular flexibility index (Phi) is 7.79. The molecule has 2 amide bonds. The standard InChI is InChI=1S/C30H32ClN5O2/c1-20(2)36(27(37)19-35-16-14-32-15-17-35)24-11-9-23(10-12-24)33-29(21-6-4-3-5-7-21)28-25-13-8-22(31)18-26(25)34-30(28)38/h3-13,18,20,32-33H,14-17,19H2,1-2H3,(H,34,38). The van der Waals surface area contributed by atoms with E-state index in [4.69, 9.17) is 11.6 Å². The van der Waals surface area contributed by atoms with Crippen molar-refractivity contribution < 1.29 is 9.59 Å². The monoisotopic (exact) mass is 529 g/mol. The lowest BCUT2D eigenvalue weighted by Crippen LogP contribution is -2.49. The number of nitrogens with one attached hydrogen (secondary N) is 3. The molecule has 3 aromatic rings. The molecule has 5 rings (SSSR count). The van der Waals surface area contributed by atoms with Crippen LogP contribution in [0.15, 0.2) is 72.8 Å². The van der Waals surface area contributed by atoms with Gasteiger partial charge in [0, 0.05) is 54.2 Å². The van der Waals surface area contributed by atoms with Crippen molar-refractivity contribution in [3.05, 3.63) is 88.9 Å². The summed E-state index contributed by atoms with van der Waals surface area (Å²) >= 11 is 6.17. The van der Waals surface area contributed by atoms with E-state index in [0.29, 0.717) is 28.5 Å². The average molecular weight is 530 g/mol. The lowest BCUT2D eigenvalue weighted by atomic mass is 10.00. The van der Waals surface area contributed by atoms with Crippen molar-refractivity contribution in [2.24, 2.45) is 0 Å². The summed E-state index contributed by atoms with van der Waals surface area (Å²) in [5, 5.41) is 10.3. The Morgan fingerprint density at radius 3 is 2.42 bits per heavy atom. The number of carbonyl (C=O) groups is 2. The maximum atomic E-state index is 13.2. The summed E-state index contributed by atoms with van der Waals surface area (Å²) in [6.07, 6.45) is 0. The first-order chi connectivity index (χ1) is 18.4. The first-order valence-corrected chi connectivity index (χ1v) is 13.3. The second-order valence-corrected chi connectivity index (χ2v) is 10.3. The number of fused-ring (bicyclic) bond motifs is 1. The number of hydrogen-bond donors (Lipinski definition) is 3. The highest BCUT2D eigenvalue weighted by atomic mass is 35.5. The van der Waals surface area contributed by atoms with Crippen LogP contribution < -0.4 is 20.9 Å². The van der Waals surface area contributed by atoms with Crippen LogP contribution >= 0.6 is 11.6 Å². The molecule has 196 valence electrons. The minimum absolute atomic E-state index is 0.0248. The van der Waals surface area contributed by atoms with E-state index in [1.807, 2.05) is 79.4 Å². The van der Waals surface area contributed by atoms with Gasteiger partial charge in [-0.15, -0.1) is 0 Å². The fraction of sp³-hybridized carbons (Fsp3) is 0.267. The second-order valence-electron chi connectivity index (χ2n) is 9.82. The molecule has 7 nitrogen and oxygen atoms in total. The van der Waals surface area contributed by atoms with Crippen molar-refractivity contribution in [1.29, 1.82) is 0 Å². The van der Waals surface area contributed by atoms with E-state index in [0.717, 1.165) is 48.7 Å². The molecule has 0 bridgehead atoms. The van der Waals surface area contributed by atoms with E-state index in [2.05, 4.69) is 20.9 Å². The molecular formula is C30H32ClN5O2. The molecule has 1 saturated heterocycles. The zero-order chi connectivity index (χ0) is 26.6. The predicted molar refractivity (Wildman–Crippen MR) is 155 cm³/mol. The van der Waals surface area contributed by atoms with Crippen LogP contribution in [0.4, 0.5) is 17.1 Å². The summed E-state index contributed by atoms with van der Waals surface area (Å²) < 4.78 is 0. The number of hydrogen-bond acceptors (Lipinski definition) is 5. The number of piperazine rings is 1. The van der Waals surface area contributed by atoms with Crippen LogP contribution in [0.2, 0.25) is 5.02 Å². The Bertz CT molecular complexity index is 1350. The largest absolute Gasteiger partial charge is 0.354 e. The molecule has 0 saturated carbocycles. The third-order valence-electron chi connectivity index (χ3n) is 6.81. The Hall–Kier alpha value is -3.65. The molecule has 0 aliphatic carbocycles. The maximum Gasteiger partial charge on any atom is 0.258 e. The molecule has 0 spiro atoms. The molecule has 0 atom stereocenters. The number of anilines is 3. The van der Waals surface area contributed by atoms with Crippen molar-refractivity contribution >= 4 is 51.7 Å². The van der Waals surface area contributed by atoms with Crippen molar-refractivity contribution in [3.8, 4) is 0 Å². The van der Waals surface area contributed by atoms with Gasteiger partial charge < -0.3 is 20.9 Å². The molecule has 3 N–H and O–H groups in total. The quantitative estimate of drug-likeness (QED) is 0.379. The summed E-state index contributed by atoms with van der Waals surface area (Å²) in [7, 11) is 0. The van der Waals surface area contributed by atoms with Crippen LogP contribution in [0.3, 0.4) is 0 Å². The highest BCUT2D eigenvalue weighted by Gasteiger charge is 2.29. The number of benzene rings is 3. The first kappa shape index (κ1) is 26.0. The van der Waals surface area contributed by atoms with Gasteiger partial charge in [0.1, 0.15) is 0 Å². The Balaban J connectivity index is 1.44. The topological polar surface area (TPSA) is 76.7 Å². The van der Waals surface area contributed by atoms with E-state index in [1.54, 1.807) is 12.1 Å². The number of amides is 2. The van der Waals surface area contributed by atoms with Gasteiger partial charge in [-0.3, -0.25) is 14.5 Å². The van der Waals surface area contributed by atoms with E-state index in [9.17, 15) is 9.59 Å². The zero-order valence-electron chi connectivity index (χ0n) is 21.6. The molecular weight excluding hydrogens is 498 g/mol. The van der Waals surface area contributed by atoms with Crippen molar-refractivity contribution in [1.82, 2.24) is 10.2 Å². The third kappa shape index (κ3) is 5.60. The fourth-order valence-corrected chi connectivity index (χ4v) is 5.17. The number of halogens is 1. The molecule has 0 aromatic heterocycles. The molecule has 8 heteroatoms. The van der Waals surface area contributed by atoms with Gasteiger partial charge in [0.2, 0.25) is 5.91 Å². The summed E-state index contributed by atoms with van der Waals surface area (Å²) in [6, 6.07) is 23.0. The van der Waals surface area contributed by atoms with Crippen LogP contribution in [-0.4, -0.2) is 55.5 Å². The van der Waals surface area contributed by atoms with Gasteiger partial charge in [-0.25, -0.2) is 0 Å². The summed E-state index contributed by atoms with van der Waals surface area (Å²) in [5.41, 5.74) is 5.30. The fourth-order valence-electron chi connectivity index (χ4n) is 4.99. The van der Waals surface area contributed by atoms with Crippen LogP contribution in [-0.2, 0) is 9.59 Å². The first-order valence-electron chi connectivity index (χ1n) is 12.9. The van der Waals surface area contributed by atoms with Gasteiger partial charge in [0.05, 0.1) is 23.5 Å². The highest BCUT2D eigenvalue weighted by Crippen LogP contribution is 2.39. The van der Waals surface area contributed by atoms with E-state index >= 15 is 0 Å². The summed E-state index contributed by atoms with van der Waals surface area (Å²) in [5.74, 6) is -0.0951. The van der Waals surface area contributed by atoms with Crippen LogP contribution in [0.5, 0.6) is 0 Å². The average Bonchev–Trinajstić information content (AvgIpc) is 3.23. The minimum atomic E-state index is -0.185. The Morgan fingerprint density at radius 2 is 1.74 bits per heavy atom. The number of carbonyl (C=O) groups excluding carboxylic acids is 2. The maximum absolute atomic E-state index is 13.2. The molecule has 3 aromatic carbocycles. The van der Waals surface area contributed by atoms with E-state index < -0.39 is 0 Å². The predicted octanol–water partition coefficient (Wildman–Crippen LogP) is 4.92. The lowest BCUT2D eigenvalue weighted by molar-refractivity contribution is -0.120. The molecule has 0 radical (unpaired) electrons. The number of rotatable bonds is 7. The van der Waals surface area contributed by atoms with Crippen LogP contribution in [0.1, 0.15) is 25.0 Å². The van der Waals surface area contributed by atoms with E-state index in [-0.39, 0.29) is 17.9 Å².